The Morgan fingerprint density at radius 2 is 1.86 bits per heavy atom. The van der Waals surface area contributed by atoms with Crippen LogP contribution in [0.1, 0.15) is 11.1 Å². The van der Waals surface area contributed by atoms with E-state index in [2.05, 4.69) is 27.1 Å². The highest BCUT2D eigenvalue weighted by molar-refractivity contribution is 5.55. The molecule has 1 N–H and O–H groups in total. The van der Waals surface area contributed by atoms with Gasteiger partial charge in [-0.25, -0.2) is 0 Å². The Morgan fingerprint density at radius 1 is 1.09 bits per heavy atom. The van der Waals surface area contributed by atoms with Crippen molar-refractivity contribution < 1.29 is 13.5 Å². The average Bonchev–Trinajstić information content (AvgIpc) is 2.71. The number of hydrogen-bond donors (Lipinski definition) is 1. The number of para-hydroxylation sites is 2. The van der Waals surface area contributed by atoms with E-state index in [1.165, 1.54) is 5.56 Å². The van der Waals surface area contributed by atoms with E-state index in [1.54, 1.807) is 12.1 Å². The first-order chi connectivity index (χ1) is 10.7. The molecule has 0 atom stereocenters. The van der Waals surface area contributed by atoms with Crippen LogP contribution in [0.15, 0.2) is 48.5 Å². The van der Waals surface area contributed by atoms with Gasteiger partial charge in [0, 0.05) is 37.4 Å². The topological polar surface area (TPSA) is 24.5 Å². The van der Waals surface area contributed by atoms with Crippen molar-refractivity contribution in [2.24, 2.45) is 0 Å². The van der Waals surface area contributed by atoms with Crippen LogP contribution in [0.25, 0.3) is 0 Å². The smallest absolute Gasteiger partial charge is 0.387 e. The molecule has 3 rings (SSSR count). The lowest BCUT2D eigenvalue weighted by Crippen LogP contribution is -2.28. The lowest BCUT2D eigenvalue weighted by Gasteiger charge is -2.25. The lowest BCUT2D eigenvalue weighted by molar-refractivity contribution is -0.0504. The molecule has 0 fully saturated rings. The molecule has 0 bridgehead atoms. The van der Waals surface area contributed by atoms with Gasteiger partial charge in [0.1, 0.15) is 5.75 Å². The van der Waals surface area contributed by atoms with Crippen LogP contribution in [0, 0.1) is 0 Å². The Kier molecular flexibility index (Phi) is 4.53. The summed E-state index contributed by atoms with van der Waals surface area (Å²) in [6.45, 7) is 0.231. The highest BCUT2D eigenvalue weighted by atomic mass is 19.3. The minimum Gasteiger partial charge on any atom is -0.434 e. The van der Waals surface area contributed by atoms with Gasteiger partial charge in [-0.05, 0) is 17.7 Å². The van der Waals surface area contributed by atoms with E-state index < -0.39 is 6.61 Å². The fraction of sp³-hybridized carbons (Fsp3) is 0.294. The number of ether oxygens (including phenoxy) is 1. The summed E-state index contributed by atoms with van der Waals surface area (Å²) in [6, 6.07) is 15.1. The summed E-state index contributed by atoms with van der Waals surface area (Å²) in [5.74, 6) is 0.243. The molecule has 0 saturated carbocycles. The third kappa shape index (κ3) is 3.36. The van der Waals surface area contributed by atoms with Gasteiger partial charge in [-0.2, -0.15) is 8.78 Å². The molecule has 0 aromatic heterocycles. The summed E-state index contributed by atoms with van der Waals surface area (Å²) in [5, 5.41) is 3.37. The van der Waals surface area contributed by atoms with Gasteiger partial charge >= 0.3 is 6.61 Å². The number of halogens is 2. The normalized spacial score (nSPS) is 14.6. The Bertz CT molecular complexity index is 634. The van der Waals surface area contributed by atoms with E-state index in [-0.39, 0.29) is 5.75 Å². The maximum atomic E-state index is 12.5. The molecule has 0 unspecified atom stereocenters. The Morgan fingerprint density at radius 3 is 2.73 bits per heavy atom. The van der Waals surface area contributed by atoms with Crippen LogP contribution in [0.2, 0.25) is 0 Å². The van der Waals surface area contributed by atoms with Crippen LogP contribution in [0.3, 0.4) is 0 Å². The molecule has 3 nitrogen and oxygen atoms in total. The van der Waals surface area contributed by atoms with E-state index >= 15 is 0 Å². The van der Waals surface area contributed by atoms with E-state index in [9.17, 15) is 8.78 Å². The van der Waals surface area contributed by atoms with Gasteiger partial charge in [0.05, 0.1) is 0 Å². The van der Waals surface area contributed by atoms with Crippen LogP contribution in [-0.4, -0.2) is 19.7 Å². The van der Waals surface area contributed by atoms with E-state index in [1.807, 2.05) is 24.3 Å². The van der Waals surface area contributed by atoms with Crippen LogP contribution in [0.5, 0.6) is 5.75 Å². The molecule has 0 saturated heterocycles. The van der Waals surface area contributed by atoms with Crippen LogP contribution in [0.4, 0.5) is 14.5 Å². The third-order valence-corrected chi connectivity index (χ3v) is 3.76. The molecule has 0 aliphatic carbocycles. The number of anilines is 1. The van der Waals surface area contributed by atoms with E-state index in [0.29, 0.717) is 6.54 Å². The summed E-state index contributed by atoms with van der Waals surface area (Å²) in [5.41, 5.74) is 3.12. The summed E-state index contributed by atoms with van der Waals surface area (Å²) in [6.07, 6.45) is 0. The van der Waals surface area contributed by atoms with Gasteiger partial charge in [0.25, 0.3) is 0 Å². The SMILES string of the molecule is FC(F)Oc1ccccc1CN1CCNCc2ccccc21. The third-order valence-electron chi connectivity index (χ3n) is 3.76. The maximum Gasteiger partial charge on any atom is 0.387 e. The molecular formula is C17H18F2N2O. The first kappa shape index (κ1) is 14.8. The molecular weight excluding hydrogens is 286 g/mol. The number of nitrogens with one attached hydrogen (secondary N) is 1. The predicted molar refractivity (Wildman–Crippen MR) is 82.3 cm³/mol. The van der Waals surface area contributed by atoms with Crippen molar-refractivity contribution in [3.63, 3.8) is 0 Å². The Labute approximate surface area is 128 Å². The summed E-state index contributed by atoms with van der Waals surface area (Å²) in [7, 11) is 0. The van der Waals surface area contributed by atoms with Gasteiger partial charge in [0.2, 0.25) is 0 Å². The molecule has 0 spiro atoms. The van der Waals surface area contributed by atoms with Gasteiger partial charge < -0.3 is 15.0 Å². The largest absolute Gasteiger partial charge is 0.434 e. The average molecular weight is 304 g/mol. The quantitative estimate of drug-likeness (QED) is 0.937. The summed E-state index contributed by atoms with van der Waals surface area (Å²) < 4.78 is 29.7. The molecule has 0 amide bonds. The molecule has 0 radical (unpaired) electrons. The lowest BCUT2D eigenvalue weighted by atomic mass is 10.1. The highest BCUT2D eigenvalue weighted by Crippen LogP contribution is 2.27. The number of nitrogens with zero attached hydrogens (tertiary/aromatic N) is 1. The zero-order valence-electron chi connectivity index (χ0n) is 12.1. The predicted octanol–water partition coefficient (Wildman–Crippen LogP) is 3.40. The molecule has 2 aromatic rings. The standard InChI is InChI=1S/C17H18F2N2O/c18-17(19)22-16-8-4-2-6-14(16)12-21-10-9-20-11-13-5-1-3-7-15(13)21/h1-8,17,20H,9-12H2. The van der Waals surface area contributed by atoms with Gasteiger partial charge in [0.15, 0.2) is 0 Å². The van der Waals surface area contributed by atoms with E-state index in [4.69, 9.17) is 0 Å². The maximum absolute atomic E-state index is 12.5. The molecule has 1 aliphatic rings. The summed E-state index contributed by atoms with van der Waals surface area (Å²) in [4.78, 5) is 2.20. The van der Waals surface area contributed by atoms with Crippen molar-refractivity contribution in [3.8, 4) is 5.75 Å². The van der Waals surface area contributed by atoms with Crippen LogP contribution < -0.4 is 15.0 Å². The number of fused-ring (bicyclic) bond motifs is 1. The zero-order valence-corrected chi connectivity index (χ0v) is 12.1. The second-order valence-electron chi connectivity index (χ2n) is 5.21. The van der Waals surface area contributed by atoms with Crippen molar-refractivity contribution in [3.05, 3.63) is 59.7 Å². The van der Waals surface area contributed by atoms with Crippen LogP contribution >= 0.6 is 0 Å². The first-order valence-corrected chi connectivity index (χ1v) is 7.30. The second-order valence-corrected chi connectivity index (χ2v) is 5.21. The van der Waals surface area contributed by atoms with Gasteiger partial charge in [-0.15, -0.1) is 0 Å². The van der Waals surface area contributed by atoms with E-state index in [0.717, 1.165) is 30.9 Å². The molecule has 5 heteroatoms. The fourth-order valence-corrected chi connectivity index (χ4v) is 2.74. The van der Waals surface area contributed by atoms with Crippen molar-refractivity contribution in [1.82, 2.24) is 5.32 Å². The molecule has 116 valence electrons. The fourth-order valence-electron chi connectivity index (χ4n) is 2.74. The van der Waals surface area contributed by atoms with Crippen molar-refractivity contribution in [2.45, 2.75) is 19.7 Å². The Hall–Kier alpha value is -2.14. The number of hydrogen-bond acceptors (Lipinski definition) is 3. The van der Waals surface area contributed by atoms with Crippen LogP contribution in [-0.2, 0) is 13.1 Å². The Balaban J connectivity index is 1.87. The van der Waals surface area contributed by atoms with Gasteiger partial charge in [-0.3, -0.25) is 0 Å². The molecule has 2 aromatic carbocycles. The number of benzene rings is 2. The number of alkyl halides is 2. The molecule has 1 heterocycles. The monoisotopic (exact) mass is 304 g/mol. The minimum absolute atomic E-state index is 0.243. The second kappa shape index (κ2) is 6.75. The number of rotatable bonds is 4. The summed E-state index contributed by atoms with van der Waals surface area (Å²) >= 11 is 0. The minimum atomic E-state index is -2.81. The van der Waals surface area contributed by atoms with Crippen molar-refractivity contribution in [2.75, 3.05) is 18.0 Å². The molecule has 22 heavy (non-hydrogen) atoms. The van der Waals surface area contributed by atoms with Gasteiger partial charge in [-0.1, -0.05) is 36.4 Å². The highest BCUT2D eigenvalue weighted by Gasteiger charge is 2.17. The van der Waals surface area contributed by atoms with Crippen molar-refractivity contribution >= 4 is 5.69 Å². The van der Waals surface area contributed by atoms with Crippen molar-refractivity contribution in [1.29, 1.82) is 0 Å². The first-order valence-electron chi connectivity index (χ1n) is 7.30. The molecule has 1 aliphatic heterocycles. The zero-order chi connectivity index (χ0) is 15.4.